The van der Waals surface area contributed by atoms with E-state index < -0.39 is 0 Å². The Morgan fingerprint density at radius 2 is 1.55 bits per heavy atom. The van der Waals surface area contributed by atoms with Crippen LogP contribution in [0.15, 0.2) is 0 Å². The van der Waals surface area contributed by atoms with Crippen molar-refractivity contribution in [3.05, 3.63) is 0 Å². The third-order valence-electron chi connectivity index (χ3n) is 7.31. The fourth-order valence-electron chi connectivity index (χ4n) is 6.35. The van der Waals surface area contributed by atoms with E-state index in [-0.39, 0.29) is 5.60 Å². The molecule has 2 saturated carbocycles. The average molecular weight is 278 g/mol. The van der Waals surface area contributed by atoms with E-state index in [2.05, 4.69) is 27.7 Å². The standard InChI is InChI=1S/C19H34O/c1-17(2)11-8-12-18(3)15(17)10-13-19(4)16(18)9-6-5-7-14-20-19/h15-16H,5-14H2,1-4H3/t15-,16+,18-,19+/m0/s1. The van der Waals surface area contributed by atoms with Crippen molar-refractivity contribution in [1.82, 2.24) is 0 Å². The predicted octanol–water partition coefficient (Wildman–Crippen LogP) is 5.58. The van der Waals surface area contributed by atoms with E-state index in [0.29, 0.717) is 10.8 Å². The molecule has 1 heterocycles. The summed E-state index contributed by atoms with van der Waals surface area (Å²) in [7, 11) is 0. The van der Waals surface area contributed by atoms with Crippen LogP contribution in [0.2, 0.25) is 0 Å². The summed E-state index contributed by atoms with van der Waals surface area (Å²) < 4.78 is 6.46. The minimum atomic E-state index is 0.166. The molecule has 20 heavy (non-hydrogen) atoms. The Hall–Kier alpha value is -0.0400. The third kappa shape index (κ3) is 2.25. The van der Waals surface area contributed by atoms with Crippen molar-refractivity contribution in [3.63, 3.8) is 0 Å². The Morgan fingerprint density at radius 1 is 0.750 bits per heavy atom. The number of hydrogen-bond acceptors (Lipinski definition) is 1. The molecule has 0 spiro atoms. The van der Waals surface area contributed by atoms with Crippen LogP contribution >= 0.6 is 0 Å². The van der Waals surface area contributed by atoms with Crippen LogP contribution < -0.4 is 0 Å². The van der Waals surface area contributed by atoms with E-state index in [0.717, 1.165) is 18.4 Å². The van der Waals surface area contributed by atoms with Crippen molar-refractivity contribution in [2.45, 2.75) is 91.1 Å². The third-order valence-corrected chi connectivity index (χ3v) is 7.31. The zero-order valence-corrected chi connectivity index (χ0v) is 14.1. The molecule has 0 radical (unpaired) electrons. The summed E-state index contributed by atoms with van der Waals surface area (Å²) in [5.41, 5.74) is 1.22. The van der Waals surface area contributed by atoms with E-state index in [1.54, 1.807) is 0 Å². The molecule has 2 aliphatic carbocycles. The van der Waals surface area contributed by atoms with Crippen molar-refractivity contribution in [3.8, 4) is 0 Å². The zero-order valence-electron chi connectivity index (χ0n) is 14.1. The first kappa shape index (κ1) is 14.9. The van der Waals surface area contributed by atoms with Gasteiger partial charge in [-0.15, -0.1) is 0 Å². The molecule has 0 bridgehead atoms. The minimum Gasteiger partial charge on any atom is -0.375 e. The number of hydrogen-bond donors (Lipinski definition) is 0. The molecule has 1 nitrogen and oxygen atoms in total. The maximum atomic E-state index is 6.46. The first-order valence-corrected chi connectivity index (χ1v) is 9.02. The van der Waals surface area contributed by atoms with Gasteiger partial charge in [0.15, 0.2) is 0 Å². The van der Waals surface area contributed by atoms with Gasteiger partial charge in [-0.3, -0.25) is 0 Å². The molecule has 0 aromatic heterocycles. The van der Waals surface area contributed by atoms with Gasteiger partial charge >= 0.3 is 0 Å². The quantitative estimate of drug-likeness (QED) is 0.562. The normalized spacial score (nSPS) is 48.6. The molecule has 116 valence electrons. The summed E-state index contributed by atoms with van der Waals surface area (Å²) in [6.45, 7) is 11.1. The van der Waals surface area contributed by atoms with Gasteiger partial charge in [0.2, 0.25) is 0 Å². The fraction of sp³-hybridized carbons (Fsp3) is 1.00. The molecular weight excluding hydrogens is 244 g/mol. The lowest BCUT2D eigenvalue weighted by atomic mass is 9.45. The van der Waals surface area contributed by atoms with Gasteiger partial charge in [-0.2, -0.15) is 0 Å². The number of fused-ring (bicyclic) bond motifs is 3. The Morgan fingerprint density at radius 3 is 2.35 bits per heavy atom. The van der Waals surface area contributed by atoms with Gasteiger partial charge in [0.25, 0.3) is 0 Å². The Kier molecular flexibility index (Phi) is 3.72. The summed E-state index contributed by atoms with van der Waals surface area (Å²) in [6, 6.07) is 0. The highest BCUT2D eigenvalue weighted by molar-refractivity contribution is 5.08. The minimum absolute atomic E-state index is 0.166. The molecule has 0 N–H and O–H groups in total. The van der Waals surface area contributed by atoms with E-state index >= 15 is 0 Å². The van der Waals surface area contributed by atoms with Crippen LogP contribution in [0.1, 0.15) is 85.5 Å². The predicted molar refractivity (Wildman–Crippen MR) is 84.8 cm³/mol. The molecule has 0 unspecified atom stereocenters. The molecule has 0 aromatic rings. The highest BCUT2D eigenvalue weighted by Gasteiger charge is 2.58. The lowest BCUT2D eigenvalue weighted by molar-refractivity contribution is -0.197. The second-order valence-corrected chi connectivity index (χ2v) is 9.00. The van der Waals surface area contributed by atoms with Crippen molar-refractivity contribution < 1.29 is 4.74 Å². The molecule has 0 amide bonds. The van der Waals surface area contributed by atoms with Crippen LogP contribution in [-0.2, 0) is 4.74 Å². The summed E-state index contributed by atoms with van der Waals surface area (Å²) in [5, 5.41) is 0. The number of ether oxygens (including phenoxy) is 1. The van der Waals surface area contributed by atoms with Crippen molar-refractivity contribution in [2.75, 3.05) is 6.61 Å². The van der Waals surface area contributed by atoms with Crippen LogP contribution in [0.4, 0.5) is 0 Å². The van der Waals surface area contributed by atoms with Gasteiger partial charge in [-0.05, 0) is 68.1 Å². The monoisotopic (exact) mass is 278 g/mol. The van der Waals surface area contributed by atoms with E-state index in [9.17, 15) is 0 Å². The molecule has 0 aromatic carbocycles. The van der Waals surface area contributed by atoms with Gasteiger partial charge in [0.05, 0.1) is 5.60 Å². The second-order valence-electron chi connectivity index (χ2n) is 9.00. The van der Waals surface area contributed by atoms with Gasteiger partial charge in [-0.25, -0.2) is 0 Å². The Balaban J connectivity index is 1.94. The maximum absolute atomic E-state index is 6.46. The molecule has 4 atom stereocenters. The molecule has 1 heteroatoms. The molecule has 3 rings (SSSR count). The van der Waals surface area contributed by atoms with Crippen LogP contribution in [0.5, 0.6) is 0 Å². The van der Waals surface area contributed by atoms with E-state index in [1.807, 2.05) is 0 Å². The van der Waals surface area contributed by atoms with Gasteiger partial charge < -0.3 is 4.74 Å². The first-order chi connectivity index (χ1) is 9.39. The van der Waals surface area contributed by atoms with E-state index in [1.165, 1.54) is 57.8 Å². The zero-order chi connectivity index (χ0) is 14.4. The van der Waals surface area contributed by atoms with Gasteiger partial charge in [0, 0.05) is 6.61 Å². The summed E-state index contributed by atoms with van der Waals surface area (Å²) in [5.74, 6) is 1.69. The number of rotatable bonds is 0. The molecule has 3 fully saturated rings. The van der Waals surface area contributed by atoms with Crippen LogP contribution in [-0.4, -0.2) is 12.2 Å². The van der Waals surface area contributed by atoms with Crippen molar-refractivity contribution in [1.29, 1.82) is 0 Å². The van der Waals surface area contributed by atoms with Crippen LogP contribution in [0, 0.1) is 22.7 Å². The van der Waals surface area contributed by atoms with E-state index in [4.69, 9.17) is 4.74 Å². The lowest BCUT2D eigenvalue weighted by Gasteiger charge is -2.62. The van der Waals surface area contributed by atoms with Gasteiger partial charge in [-0.1, -0.05) is 40.0 Å². The summed E-state index contributed by atoms with van der Waals surface area (Å²) >= 11 is 0. The highest BCUT2D eigenvalue weighted by Crippen LogP contribution is 2.63. The average Bonchev–Trinajstić information content (AvgIpc) is 2.32. The van der Waals surface area contributed by atoms with Crippen molar-refractivity contribution in [2.24, 2.45) is 22.7 Å². The maximum Gasteiger partial charge on any atom is 0.0687 e. The molecule has 1 aliphatic heterocycles. The Labute approximate surface area is 125 Å². The van der Waals surface area contributed by atoms with Gasteiger partial charge in [0.1, 0.15) is 0 Å². The lowest BCUT2D eigenvalue weighted by Crippen LogP contribution is -2.58. The van der Waals surface area contributed by atoms with Crippen LogP contribution in [0.3, 0.4) is 0 Å². The smallest absolute Gasteiger partial charge is 0.0687 e. The largest absolute Gasteiger partial charge is 0.375 e. The fourth-order valence-corrected chi connectivity index (χ4v) is 6.35. The summed E-state index contributed by atoms with van der Waals surface area (Å²) in [4.78, 5) is 0. The Bertz CT molecular complexity index is 361. The highest BCUT2D eigenvalue weighted by atomic mass is 16.5. The van der Waals surface area contributed by atoms with Crippen molar-refractivity contribution >= 4 is 0 Å². The molecular formula is C19H34O. The molecule has 1 saturated heterocycles. The van der Waals surface area contributed by atoms with Crippen LogP contribution in [0.25, 0.3) is 0 Å². The molecule has 3 aliphatic rings. The second kappa shape index (κ2) is 5.00. The SMILES string of the molecule is CC1(C)CCC[C@]2(C)[C@H]3CCCCCO[C@]3(C)CC[C@@H]12. The topological polar surface area (TPSA) is 9.23 Å². The first-order valence-electron chi connectivity index (χ1n) is 9.02. The summed E-state index contributed by atoms with van der Waals surface area (Å²) in [6.07, 6.45) is 12.4.